The van der Waals surface area contributed by atoms with E-state index >= 15 is 0 Å². The van der Waals surface area contributed by atoms with Crippen LogP contribution >= 0.6 is 0 Å². The van der Waals surface area contributed by atoms with Crippen LogP contribution in [0.1, 0.15) is 43.2 Å². The second-order valence-electron chi connectivity index (χ2n) is 6.24. The molecule has 0 bridgehead atoms. The van der Waals surface area contributed by atoms with Gasteiger partial charge in [0.05, 0.1) is 11.5 Å². The van der Waals surface area contributed by atoms with E-state index in [0.717, 1.165) is 38.7 Å². The Balaban J connectivity index is 1.63. The third-order valence-corrected chi connectivity index (χ3v) is 4.84. The Labute approximate surface area is 120 Å². The van der Waals surface area contributed by atoms with E-state index in [4.69, 9.17) is 4.74 Å². The minimum Gasteiger partial charge on any atom is -0.481 e. The van der Waals surface area contributed by atoms with Gasteiger partial charge in [-0.15, -0.1) is 0 Å². The van der Waals surface area contributed by atoms with Crippen molar-refractivity contribution in [3.8, 4) is 0 Å². The number of hydrogen-bond donors (Lipinski definition) is 1. The highest BCUT2D eigenvalue weighted by Crippen LogP contribution is 2.41. The lowest BCUT2D eigenvalue weighted by Crippen LogP contribution is -2.32. The van der Waals surface area contributed by atoms with Crippen LogP contribution in [0.4, 0.5) is 0 Å². The molecule has 108 valence electrons. The molecule has 1 heterocycles. The quantitative estimate of drug-likeness (QED) is 0.897. The van der Waals surface area contributed by atoms with Crippen LogP contribution in [0.2, 0.25) is 0 Å². The number of hydrogen-bond acceptors (Lipinski definition) is 2. The van der Waals surface area contributed by atoms with Crippen LogP contribution in [0.15, 0.2) is 24.3 Å². The number of rotatable bonds is 5. The zero-order valence-corrected chi connectivity index (χ0v) is 11.8. The molecule has 0 amide bonds. The molecule has 3 heteroatoms. The van der Waals surface area contributed by atoms with Gasteiger partial charge in [0.2, 0.25) is 0 Å². The second-order valence-corrected chi connectivity index (χ2v) is 6.24. The van der Waals surface area contributed by atoms with Gasteiger partial charge in [-0.25, -0.2) is 0 Å². The van der Waals surface area contributed by atoms with Crippen LogP contribution in [0.5, 0.6) is 0 Å². The number of carboxylic acids is 1. The first-order chi connectivity index (χ1) is 9.70. The van der Waals surface area contributed by atoms with Crippen LogP contribution in [0, 0.1) is 5.41 Å². The normalized spacial score (nSPS) is 23.7. The molecular weight excluding hydrogens is 252 g/mol. The standard InChI is InChI=1S/C17H22O3/c18-16(19)17(9-3-7-15-8-4-10-20-15)11-13-5-1-2-6-14(13)12-17/h1-2,5-6,15H,3-4,7-12H2,(H,18,19). The summed E-state index contributed by atoms with van der Waals surface area (Å²) in [5, 5.41) is 9.70. The van der Waals surface area contributed by atoms with Crippen molar-refractivity contribution in [2.75, 3.05) is 6.61 Å². The third kappa shape index (κ3) is 2.59. The van der Waals surface area contributed by atoms with Gasteiger partial charge in [0.25, 0.3) is 0 Å². The van der Waals surface area contributed by atoms with E-state index in [1.165, 1.54) is 11.1 Å². The Morgan fingerprint density at radius 1 is 1.30 bits per heavy atom. The summed E-state index contributed by atoms with van der Waals surface area (Å²) in [7, 11) is 0. The maximum Gasteiger partial charge on any atom is 0.310 e. The zero-order valence-electron chi connectivity index (χ0n) is 11.8. The minimum atomic E-state index is -0.638. The van der Waals surface area contributed by atoms with Crippen molar-refractivity contribution < 1.29 is 14.6 Å². The topological polar surface area (TPSA) is 46.5 Å². The van der Waals surface area contributed by atoms with Gasteiger partial charge in [0.1, 0.15) is 0 Å². The van der Waals surface area contributed by atoms with E-state index in [0.29, 0.717) is 18.9 Å². The highest BCUT2D eigenvalue weighted by atomic mass is 16.5. The molecule has 1 N–H and O–H groups in total. The van der Waals surface area contributed by atoms with Crippen LogP contribution in [0.25, 0.3) is 0 Å². The van der Waals surface area contributed by atoms with Gasteiger partial charge in [-0.05, 0) is 56.1 Å². The Morgan fingerprint density at radius 3 is 2.55 bits per heavy atom. The lowest BCUT2D eigenvalue weighted by molar-refractivity contribution is -0.149. The zero-order chi connectivity index (χ0) is 14.0. The summed E-state index contributed by atoms with van der Waals surface area (Å²) >= 11 is 0. The molecule has 1 fully saturated rings. The average molecular weight is 274 g/mol. The molecule has 1 aliphatic heterocycles. The van der Waals surface area contributed by atoms with Gasteiger partial charge in [-0.3, -0.25) is 4.79 Å². The maximum absolute atomic E-state index is 11.8. The molecule has 1 atom stereocenters. The van der Waals surface area contributed by atoms with Gasteiger partial charge in [0.15, 0.2) is 0 Å². The van der Waals surface area contributed by atoms with Crippen molar-refractivity contribution in [2.24, 2.45) is 5.41 Å². The summed E-state index contributed by atoms with van der Waals surface area (Å²) in [5.41, 5.74) is 1.85. The Hall–Kier alpha value is -1.35. The largest absolute Gasteiger partial charge is 0.481 e. The third-order valence-electron chi connectivity index (χ3n) is 4.84. The number of benzene rings is 1. The average Bonchev–Trinajstić information content (AvgIpc) is 3.05. The predicted octanol–water partition coefficient (Wildman–Crippen LogP) is 3.21. The molecule has 1 saturated heterocycles. The summed E-state index contributed by atoms with van der Waals surface area (Å²) in [6.45, 7) is 0.875. The Bertz CT molecular complexity index is 464. The molecule has 0 spiro atoms. The van der Waals surface area contributed by atoms with E-state index in [1.807, 2.05) is 12.1 Å². The number of fused-ring (bicyclic) bond motifs is 1. The number of carboxylic acid groups (broad SMARTS) is 1. The van der Waals surface area contributed by atoms with Gasteiger partial charge >= 0.3 is 5.97 Å². The molecule has 3 nitrogen and oxygen atoms in total. The summed E-state index contributed by atoms with van der Waals surface area (Å²) < 4.78 is 5.63. The van der Waals surface area contributed by atoms with Crippen molar-refractivity contribution in [1.82, 2.24) is 0 Å². The van der Waals surface area contributed by atoms with Crippen molar-refractivity contribution in [1.29, 1.82) is 0 Å². The fourth-order valence-electron chi connectivity index (χ4n) is 3.67. The Kier molecular flexibility index (Phi) is 3.79. The molecule has 0 aromatic heterocycles. The van der Waals surface area contributed by atoms with Crippen molar-refractivity contribution in [3.05, 3.63) is 35.4 Å². The predicted molar refractivity (Wildman–Crippen MR) is 76.7 cm³/mol. The number of carbonyl (C=O) groups is 1. The second kappa shape index (κ2) is 5.57. The molecule has 1 aliphatic carbocycles. The lowest BCUT2D eigenvalue weighted by atomic mass is 9.79. The van der Waals surface area contributed by atoms with E-state index in [2.05, 4.69) is 12.1 Å². The molecule has 1 aromatic rings. The van der Waals surface area contributed by atoms with Crippen LogP contribution < -0.4 is 0 Å². The molecule has 1 aromatic carbocycles. The van der Waals surface area contributed by atoms with Gasteiger partial charge < -0.3 is 9.84 Å². The number of ether oxygens (including phenoxy) is 1. The van der Waals surface area contributed by atoms with E-state index in [9.17, 15) is 9.90 Å². The summed E-state index contributed by atoms with van der Waals surface area (Å²) in [6, 6.07) is 8.15. The van der Waals surface area contributed by atoms with Crippen molar-refractivity contribution in [2.45, 2.75) is 51.0 Å². The van der Waals surface area contributed by atoms with Gasteiger partial charge in [0, 0.05) is 6.61 Å². The monoisotopic (exact) mass is 274 g/mol. The minimum absolute atomic E-state index is 0.365. The molecule has 0 saturated carbocycles. The van der Waals surface area contributed by atoms with Crippen LogP contribution in [-0.2, 0) is 22.4 Å². The summed E-state index contributed by atoms with van der Waals surface area (Å²) in [6.07, 6.45) is 6.74. The van der Waals surface area contributed by atoms with Crippen molar-refractivity contribution in [3.63, 3.8) is 0 Å². The molecular formula is C17H22O3. The van der Waals surface area contributed by atoms with E-state index in [-0.39, 0.29) is 0 Å². The summed E-state index contributed by atoms with van der Waals surface area (Å²) in [4.78, 5) is 11.8. The number of aliphatic carboxylic acids is 1. The maximum atomic E-state index is 11.8. The smallest absolute Gasteiger partial charge is 0.310 e. The molecule has 3 rings (SSSR count). The highest BCUT2D eigenvalue weighted by Gasteiger charge is 2.43. The first kappa shape index (κ1) is 13.6. The molecule has 20 heavy (non-hydrogen) atoms. The first-order valence-corrected chi connectivity index (χ1v) is 7.61. The van der Waals surface area contributed by atoms with Crippen molar-refractivity contribution >= 4 is 5.97 Å². The van der Waals surface area contributed by atoms with E-state index < -0.39 is 11.4 Å². The molecule has 1 unspecified atom stereocenters. The SMILES string of the molecule is O=C(O)C1(CCCC2CCCO2)Cc2ccccc2C1. The van der Waals surface area contributed by atoms with Gasteiger partial charge in [-0.1, -0.05) is 24.3 Å². The van der Waals surface area contributed by atoms with Crippen LogP contribution in [0.3, 0.4) is 0 Å². The molecule has 0 radical (unpaired) electrons. The fraction of sp³-hybridized carbons (Fsp3) is 0.588. The van der Waals surface area contributed by atoms with Gasteiger partial charge in [-0.2, -0.15) is 0 Å². The summed E-state index contributed by atoms with van der Waals surface area (Å²) in [5.74, 6) is -0.638. The van der Waals surface area contributed by atoms with Crippen LogP contribution in [-0.4, -0.2) is 23.8 Å². The highest BCUT2D eigenvalue weighted by molar-refractivity contribution is 5.77. The fourth-order valence-corrected chi connectivity index (χ4v) is 3.67. The Morgan fingerprint density at radius 2 is 2.00 bits per heavy atom. The first-order valence-electron chi connectivity index (χ1n) is 7.61. The molecule has 2 aliphatic rings. The lowest BCUT2D eigenvalue weighted by Gasteiger charge is -2.24. The van der Waals surface area contributed by atoms with E-state index in [1.54, 1.807) is 0 Å².